The molecule has 26 heavy (non-hydrogen) atoms. The van der Waals surface area contributed by atoms with Gasteiger partial charge in [-0.15, -0.1) is 0 Å². The Kier molecular flexibility index (Phi) is 5.04. The number of piperidine rings is 1. The highest BCUT2D eigenvalue weighted by Gasteiger charge is 2.38. The van der Waals surface area contributed by atoms with Crippen LogP contribution in [-0.4, -0.2) is 35.6 Å². The van der Waals surface area contributed by atoms with Gasteiger partial charge in [-0.2, -0.15) is 5.26 Å². The molecule has 4 rings (SSSR count). The van der Waals surface area contributed by atoms with Crippen molar-refractivity contribution in [3.8, 4) is 6.07 Å². The van der Waals surface area contributed by atoms with Gasteiger partial charge >= 0.3 is 0 Å². The molecule has 0 N–H and O–H groups in total. The molecular formula is C20H20Cl2N4. The summed E-state index contributed by atoms with van der Waals surface area (Å²) in [5.74, 6) is 1.53. The highest BCUT2D eigenvalue weighted by atomic mass is 35.5. The van der Waals surface area contributed by atoms with Crippen molar-refractivity contribution in [1.29, 1.82) is 5.26 Å². The summed E-state index contributed by atoms with van der Waals surface area (Å²) in [4.78, 5) is 9.27. The van der Waals surface area contributed by atoms with Crippen LogP contribution in [0.4, 0.5) is 5.82 Å². The van der Waals surface area contributed by atoms with Crippen LogP contribution >= 0.6 is 23.2 Å². The lowest BCUT2D eigenvalue weighted by atomic mass is 9.92. The normalized spacial score (nSPS) is 22.9. The van der Waals surface area contributed by atoms with Gasteiger partial charge in [0.15, 0.2) is 0 Å². The van der Waals surface area contributed by atoms with Crippen molar-refractivity contribution >= 4 is 29.0 Å². The quantitative estimate of drug-likeness (QED) is 0.785. The molecule has 4 nitrogen and oxygen atoms in total. The molecule has 1 aromatic carbocycles. The van der Waals surface area contributed by atoms with E-state index in [1.54, 1.807) is 6.20 Å². The van der Waals surface area contributed by atoms with Gasteiger partial charge in [0.25, 0.3) is 0 Å². The molecule has 2 unspecified atom stereocenters. The number of benzene rings is 1. The molecular weight excluding hydrogens is 367 g/mol. The average molecular weight is 387 g/mol. The average Bonchev–Trinajstić information content (AvgIpc) is 3.07. The highest BCUT2D eigenvalue weighted by Crippen LogP contribution is 2.35. The lowest BCUT2D eigenvalue weighted by Gasteiger charge is -2.39. The smallest absolute Gasteiger partial charge is 0.146 e. The fourth-order valence-corrected chi connectivity index (χ4v) is 4.55. The van der Waals surface area contributed by atoms with Gasteiger partial charge in [0, 0.05) is 31.9 Å². The third-order valence-electron chi connectivity index (χ3n) is 5.55. The lowest BCUT2D eigenvalue weighted by Crippen LogP contribution is -2.48. The van der Waals surface area contributed by atoms with Gasteiger partial charge in [-0.1, -0.05) is 29.3 Å². The van der Waals surface area contributed by atoms with Crippen LogP contribution in [0.5, 0.6) is 0 Å². The number of nitriles is 1. The second kappa shape index (κ2) is 7.44. The summed E-state index contributed by atoms with van der Waals surface area (Å²) < 4.78 is 0. The van der Waals surface area contributed by atoms with Crippen molar-refractivity contribution in [1.82, 2.24) is 9.88 Å². The van der Waals surface area contributed by atoms with Crippen molar-refractivity contribution in [2.75, 3.05) is 24.5 Å². The Balaban J connectivity index is 1.52. The minimum absolute atomic E-state index is 0.478. The van der Waals surface area contributed by atoms with E-state index in [0.29, 0.717) is 27.6 Å². The Morgan fingerprint density at radius 3 is 2.81 bits per heavy atom. The Hall–Kier alpha value is -1.80. The minimum atomic E-state index is 0.478. The van der Waals surface area contributed by atoms with Gasteiger partial charge in [0.1, 0.15) is 11.9 Å². The summed E-state index contributed by atoms with van der Waals surface area (Å²) in [6.45, 7) is 3.85. The van der Waals surface area contributed by atoms with Crippen LogP contribution in [0.15, 0.2) is 36.5 Å². The number of likely N-dealkylation sites (tertiary alicyclic amines) is 1. The van der Waals surface area contributed by atoms with E-state index in [-0.39, 0.29) is 0 Å². The van der Waals surface area contributed by atoms with Crippen LogP contribution in [0, 0.1) is 17.2 Å². The summed E-state index contributed by atoms with van der Waals surface area (Å²) >= 11 is 12.2. The number of anilines is 1. The van der Waals surface area contributed by atoms with Crippen LogP contribution in [0.25, 0.3) is 0 Å². The molecule has 6 heteroatoms. The Bertz CT molecular complexity index is 848. The first-order valence-corrected chi connectivity index (χ1v) is 9.69. The summed E-state index contributed by atoms with van der Waals surface area (Å²) in [6, 6.07) is 12.3. The molecule has 0 radical (unpaired) electrons. The van der Waals surface area contributed by atoms with E-state index in [1.165, 1.54) is 12.0 Å². The van der Waals surface area contributed by atoms with Crippen LogP contribution in [0.3, 0.4) is 0 Å². The van der Waals surface area contributed by atoms with Crippen LogP contribution in [0.2, 0.25) is 10.0 Å². The lowest BCUT2D eigenvalue weighted by molar-refractivity contribution is 0.200. The second-order valence-electron chi connectivity index (χ2n) is 7.06. The van der Waals surface area contributed by atoms with E-state index in [4.69, 9.17) is 23.2 Å². The minimum Gasteiger partial charge on any atom is -0.354 e. The van der Waals surface area contributed by atoms with E-state index in [1.807, 2.05) is 24.3 Å². The van der Waals surface area contributed by atoms with Crippen LogP contribution < -0.4 is 4.90 Å². The molecule has 2 atom stereocenters. The second-order valence-corrected chi connectivity index (χ2v) is 7.87. The molecule has 0 bridgehead atoms. The van der Waals surface area contributed by atoms with Gasteiger partial charge in [0.2, 0.25) is 0 Å². The Morgan fingerprint density at radius 1 is 1.15 bits per heavy atom. The molecule has 2 aliphatic heterocycles. The van der Waals surface area contributed by atoms with Gasteiger partial charge in [0.05, 0.1) is 15.6 Å². The number of fused-ring (bicyclic) bond motifs is 1. The first-order valence-electron chi connectivity index (χ1n) is 8.94. The number of rotatable bonds is 3. The van der Waals surface area contributed by atoms with E-state index in [0.717, 1.165) is 38.4 Å². The number of nitrogens with zero attached hydrogens (tertiary/aromatic N) is 4. The third-order valence-corrected chi connectivity index (χ3v) is 6.29. The van der Waals surface area contributed by atoms with Crippen molar-refractivity contribution in [2.45, 2.75) is 25.4 Å². The first kappa shape index (κ1) is 17.6. The molecule has 0 aliphatic carbocycles. The maximum Gasteiger partial charge on any atom is 0.146 e. The fraction of sp³-hybridized carbons (Fsp3) is 0.400. The molecule has 2 fully saturated rings. The molecule has 0 amide bonds. The maximum absolute atomic E-state index is 9.38. The maximum atomic E-state index is 9.38. The van der Waals surface area contributed by atoms with Crippen molar-refractivity contribution < 1.29 is 0 Å². The molecule has 3 heterocycles. The third kappa shape index (κ3) is 3.40. The van der Waals surface area contributed by atoms with E-state index < -0.39 is 0 Å². The van der Waals surface area contributed by atoms with Crippen LogP contribution in [0.1, 0.15) is 24.0 Å². The van der Waals surface area contributed by atoms with Crippen molar-refractivity contribution in [3.63, 3.8) is 0 Å². The standard InChI is InChI=1S/C20H20Cl2N4/c21-17-4-3-14(10-18(17)22)12-25-8-5-15-6-9-26(13-19(15)25)20-16(11-23)2-1-7-24-20/h1-4,7,10,15,19H,5-6,8-9,12-13H2. The number of hydrogen-bond donors (Lipinski definition) is 0. The van der Waals surface area contributed by atoms with Gasteiger partial charge < -0.3 is 4.90 Å². The number of pyridine rings is 1. The zero-order valence-electron chi connectivity index (χ0n) is 14.4. The molecule has 0 saturated carbocycles. The number of hydrogen-bond acceptors (Lipinski definition) is 4. The largest absolute Gasteiger partial charge is 0.354 e. The first-order chi connectivity index (χ1) is 12.7. The highest BCUT2D eigenvalue weighted by molar-refractivity contribution is 6.42. The number of aromatic nitrogens is 1. The zero-order chi connectivity index (χ0) is 18.1. The molecule has 2 aliphatic rings. The van der Waals surface area contributed by atoms with E-state index in [9.17, 15) is 5.26 Å². The van der Waals surface area contributed by atoms with Crippen molar-refractivity contribution in [3.05, 3.63) is 57.7 Å². The predicted octanol–water partition coefficient (Wildman–Crippen LogP) is 4.36. The Morgan fingerprint density at radius 2 is 2.00 bits per heavy atom. The summed E-state index contributed by atoms with van der Waals surface area (Å²) in [6.07, 6.45) is 4.14. The van der Waals surface area contributed by atoms with Gasteiger partial charge in [-0.3, -0.25) is 4.90 Å². The zero-order valence-corrected chi connectivity index (χ0v) is 15.9. The van der Waals surface area contributed by atoms with E-state index in [2.05, 4.69) is 26.9 Å². The summed E-state index contributed by atoms with van der Waals surface area (Å²) in [7, 11) is 0. The summed E-state index contributed by atoms with van der Waals surface area (Å²) in [5.41, 5.74) is 1.84. The predicted molar refractivity (Wildman–Crippen MR) is 105 cm³/mol. The van der Waals surface area contributed by atoms with Gasteiger partial charge in [-0.05, 0) is 55.1 Å². The number of halogens is 2. The fourth-order valence-electron chi connectivity index (χ4n) is 4.23. The van der Waals surface area contributed by atoms with E-state index >= 15 is 0 Å². The summed E-state index contributed by atoms with van der Waals surface area (Å²) in [5, 5.41) is 10.6. The molecule has 2 saturated heterocycles. The molecule has 1 aromatic heterocycles. The Labute approximate surface area is 163 Å². The van der Waals surface area contributed by atoms with Gasteiger partial charge in [-0.25, -0.2) is 4.98 Å². The SMILES string of the molecule is N#Cc1cccnc1N1CCC2CCN(Cc3ccc(Cl)c(Cl)c3)C2C1. The van der Waals surface area contributed by atoms with Crippen LogP contribution in [-0.2, 0) is 6.54 Å². The van der Waals surface area contributed by atoms with Crippen molar-refractivity contribution in [2.24, 2.45) is 5.92 Å². The molecule has 0 spiro atoms. The monoisotopic (exact) mass is 386 g/mol. The molecule has 134 valence electrons. The topological polar surface area (TPSA) is 43.2 Å². The molecule has 2 aromatic rings.